The molecule has 1 aromatic carbocycles. The van der Waals surface area contributed by atoms with Crippen molar-refractivity contribution < 1.29 is 28.2 Å². The van der Waals surface area contributed by atoms with Crippen molar-refractivity contribution in [1.82, 2.24) is 9.80 Å². The summed E-state index contributed by atoms with van der Waals surface area (Å²) in [6, 6.07) is 6.17. The van der Waals surface area contributed by atoms with Crippen molar-refractivity contribution in [3.8, 4) is 5.75 Å². The molecule has 1 aromatic rings. The fourth-order valence-electron chi connectivity index (χ4n) is 4.31. The van der Waals surface area contributed by atoms with Gasteiger partial charge < -0.3 is 14.7 Å². The Morgan fingerprint density at radius 1 is 1.37 bits per heavy atom. The van der Waals surface area contributed by atoms with Crippen LogP contribution in [0.25, 0.3) is 0 Å². The highest BCUT2D eigenvalue weighted by molar-refractivity contribution is 5.79. The van der Waals surface area contributed by atoms with Gasteiger partial charge in [0.15, 0.2) is 0 Å². The highest BCUT2D eigenvalue weighted by Gasteiger charge is 2.54. The number of carbonyl (C=O) groups is 2. The molecule has 2 fully saturated rings. The van der Waals surface area contributed by atoms with Crippen molar-refractivity contribution in [1.29, 1.82) is 0 Å². The minimum absolute atomic E-state index is 0.0744. The number of likely N-dealkylation sites (tertiary alicyclic amines) is 1. The molecule has 3 rings (SSSR count). The van der Waals surface area contributed by atoms with E-state index in [0.29, 0.717) is 26.1 Å². The van der Waals surface area contributed by atoms with E-state index < -0.39 is 18.0 Å². The van der Waals surface area contributed by atoms with E-state index in [1.54, 1.807) is 24.1 Å². The summed E-state index contributed by atoms with van der Waals surface area (Å²) in [6.07, 6.45) is 2.52. The van der Waals surface area contributed by atoms with Gasteiger partial charge in [-0.3, -0.25) is 14.5 Å². The van der Waals surface area contributed by atoms with E-state index in [1.807, 2.05) is 4.90 Å². The zero-order valence-corrected chi connectivity index (χ0v) is 15.2. The number of carbonyl (C=O) groups excluding carboxylic acids is 1. The summed E-state index contributed by atoms with van der Waals surface area (Å²) in [6.45, 7) is -1.27. The SMILES string of the molecule is CN(Cc1ccc(OC(F)F)cc1)C(=O)CN1C[C@@H]2CCC[C@@]2(C(=O)O)C1. The van der Waals surface area contributed by atoms with E-state index in [2.05, 4.69) is 4.74 Å². The lowest BCUT2D eigenvalue weighted by molar-refractivity contribution is -0.149. The number of amides is 1. The Kier molecular flexibility index (Phi) is 5.64. The van der Waals surface area contributed by atoms with Gasteiger partial charge in [-0.15, -0.1) is 0 Å². The minimum Gasteiger partial charge on any atom is -0.481 e. The summed E-state index contributed by atoms with van der Waals surface area (Å²) in [4.78, 5) is 27.8. The number of nitrogens with zero attached hydrogens (tertiary/aromatic N) is 2. The van der Waals surface area contributed by atoms with Crippen molar-refractivity contribution >= 4 is 11.9 Å². The van der Waals surface area contributed by atoms with E-state index >= 15 is 0 Å². The van der Waals surface area contributed by atoms with Gasteiger partial charge in [0.25, 0.3) is 0 Å². The van der Waals surface area contributed by atoms with Gasteiger partial charge in [0, 0.05) is 26.7 Å². The standard InChI is InChI=1S/C19H24F2N2O4/c1-22(9-13-4-6-15(7-5-13)27-18(20)21)16(24)11-23-10-14-3-2-8-19(14,12-23)17(25)26/h4-7,14,18H,2-3,8-12H2,1H3,(H,25,26)/t14-,19+/m0/s1. The Bertz CT molecular complexity index is 697. The number of hydrogen-bond acceptors (Lipinski definition) is 4. The van der Waals surface area contributed by atoms with Crippen LogP contribution < -0.4 is 4.74 Å². The van der Waals surface area contributed by atoms with Crippen LogP contribution in [0, 0.1) is 11.3 Å². The fraction of sp³-hybridized carbons (Fsp3) is 0.579. The average molecular weight is 382 g/mol. The van der Waals surface area contributed by atoms with Gasteiger partial charge in [-0.05, 0) is 36.5 Å². The second kappa shape index (κ2) is 7.80. The third kappa shape index (κ3) is 4.21. The summed E-state index contributed by atoms with van der Waals surface area (Å²) in [5.74, 6) is -0.649. The topological polar surface area (TPSA) is 70.1 Å². The first kappa shape index (κ1) is 19.5. The van der Waals surface area contributed by atoms with Crippen LogP contribution in [0.4, 0.5) is 8.78 Å². The molecule has 1 heterocycles. The Morgan fingerprint density at radius 3 is 2.67 bits per heavy atom. The predicted octanol–water partition coefficient (Wildman–Crippen LogP) is 2.43. The quantitative estimate of drug-likeness (QED) is 0.784. The van der Waals surface area contributed by atoms with Crippen LogP contribution in [0.1, 0.15) is 24.8 Å². The second-order valence-electron chi connectivity index (χ2n) is 7.49. The van der Waals surface area contributed by atoms with Gasteiger partial charge in [-0.2, -0.15) is 8.78 Å². The molecule has 0 spiro atoms. The van der Waals surface area contributed by atoms with Crippen LogP contribution in [0.5, 0.6) is 5.75 Å². The molecule has 1 aliphatic heterocycles. The van der Waals surface area contributed by atoms with Crippen molar-refractivity contribution in [3.05, 3.63) is 29.8 Å². The van der Waals surface area contributed by atoms with Crippen LogP contribution >= 0.6 is 0 Å². The molecule has 1 amide bonds. The maximum Gasteiger partial charge on any atom is 0.387 e. The summed E-state index contributed by atoms with van der Waals surface area (Å²) >= 11 is 0. The van der Waals surface area contributed by atoms with E-state index in [9.17, 15) is 23.5 Å². The maximum absolute atomic E-state index is 12.5. The summed E-state index contributed by atoms with van der Waals surface area (Å²) in [7, 11) is 1.68. The molecule has 0 radical (unpaired) electrons. The number of carboxylic acid groups (broad SMARTS) is 1. The maximum atomic E-state index is 12.5. The van der Waals surface area contributed by atoms with Gasteiger partial charge >= 0.3 is 12.6 Å². The largest absolute Gasteiger partial charge is 0.481 e. The first-order valence-corrected chi connectivity index (χ1v) is 9.03. The first-order chi connectivity index (χ1) is 12.8. The van der Waals surface area contributed by atoms with Gasteiger partial charge in [-0.1, -0.05) is 18.6 Å². The van der Waals surface area contributed by atoms with Crippen molar-refractivity contribution in [2.45, 2.75) is 32.4 Å². The second-order valence-corrected chi connectivity index (χ2v) is 7.49. The van der Waals surface area contributed by atoms with Crippen molar-refractivity contribution in [3.63, 3.8) is 0 Å². The lowest BCUT2D eigenvalue weighted by atomic mass is 9.81. The summed E-state index contributed by atoms with van der Waals surface area (Å²) in [5, 5.41) is 9.63. The lowest BCUT2D eigenvalue weighted by Gasteiger charge is -2.24. The van der Waals surface area contributed by atoms with E-state index in [1.165, 1.54) is 12.1 Å². The molecule has 1 N–H and O–H groups in total. The van der Waals surface area contributed by atoms with Crippen molar-refractivity contribution in [2.24, 2.45) is 11.3 Å². The van der Waals surface area contributed by atoms with Crippen LogP contribution in [0.2, 0.25) is 0 Å². The van der Waals surface area contributed by atoms with Crippen LogP contribution in [-0.4, -0.2) is 60.1 Å². The van der Waals surface area contributed by atoms with Gasteiger partial charge in [0.1, 0.15) is 5.75 Å². The first-order valence-electron chi connectivity index (χ1n) is 9.03. The van der Waals surface area contributed by atoms with E-state index in [-0.39, 0.29) is 24.1 Å². The Hall–Kier alpha value is -2.22. The fourth-order valence-corrected chi connectivity index (χ4v) is 4.31. The smallest absolute Gasteiger partial charge is 0.387 e. The molecule has 27 heavy (non-hydrogen) atoms. The van der Waals surface area contributed by atoms with Crippen molar-refractivity contribution in [2.75, 3.05) is 26.7 Å². The van der Waals surface area contributed by atoms with Crippen LogP contribution in [0.15, 0.2) is 24.3 Å². The minimum atomic E-state index is -2.87. The van der Waals surface area contributed by atoms with Crippen LogP contribution in [-0.2, 0) is 16.1 Å². The number of ether oxygens (including phenoxy) is 1. The molecule has 0 aromatic heterocycles. The molecule has 1 aliphatic carbocycles. The van der Waals surface area contributed by atoms with Gasteiger partial charge in [-0.25, -0.2) is 0 Å². The zero-order valence-electron chi connectivity index (χ0n) is 15.2. The molecular formula is C19H24F2N2O4. The monoisotopic (exact) mass is 382 g/mol. The summed E-state index contributed by atoms with van der Waals surface area (Å²) < 4.78 is 28.7. The molecular weight excluding hydrogens is 358 g/mol. The predicted molar refractivity (Wildman–Crippen MR) is 93.4 cm³/mol. The number of rotatable bonds is 7. The molecule has 8 heteroatoms. The van der Waals surface area contributed by atoms with Gasteiger partial charge in [0.2, 0.25) is 5.91 Å². The van der Waals surface area contributed by atoms with Gasteiger partial charge in [0.05, 0.1) is 12.0 Å². The number of benzene rings is 1. The van der Waals surface area contributed by atoms with E-state index in [0.717, 1.165) is 18.4 Å². The molecule has 148 valence electrons. The number of fused-ring (bicyclic) bond motifs is 1. The molecule has 2 atom stereocenters. The molecule has 0 bridgehead atoms. The lowest BCUT2D eigenvalue weighted by Crippen LogP contribution is -2.40. The Balaban J connectivity index is 1.53. The highest BCUT2D eigenvalue weighted by Crippen LogP contribution is 2.48. The van der Waals surface area contributed by atoms with E-state index in [4.69, 9.17) is 0 Å². The zero-order chi connectivity index (χ0) is 19.6. The molecule has 0 unspecified atom stereocenters. The third-order valence-corrected chi connectivity index (χ3v) is 5.72. The number of halogens is 2. The highest BCUT2D eigenvalue weighted by atomic mass is 19.3. The number of likely N-dealkylation sites (N-methyl/N-ethyl adjacent to an activating group) is 1. The number of carboxylic acids is 1. The molecule has 1 saturated heterocycles. The number of alkyl halides is 2. The number of aliphatic carboxylic acids is 1. The molecule has 2 aliphatic rings. The van der Waals surface area contributed by atoms with Crippen LogP contribution in [0.3, 0.4) is 0 Å². The summed E-state index contributed by atoms with van der Waals surface area (Å²) in [5.41, 5.74) is 0.104. The Morgan fingerprint density at radius 2 is 2.07 bits per heavy atom. The Labute approximate surface area is 156 Å². The third-order valence-electron chi connectivity index (χ3n) is 5.72. The normalized spacial score (nSPS) is 24.8. The number of hydrogen-bond donors (Lipinski definition) is 1. The average Bonchev–Trinajstić information content (AvgIpc) is 3.14. The molecule has 1 saturated carbocycles. The molecule has 6 nitrogen and oxygen atoms in total.